The third-order valence-electron chi connectivity index (χ3n) is 2.80. The van der Waals surface area contributed by atoms with Crippen molar-refractivity contribution in [3.05, 3.63) is 59.2 Å². The summed E-state index contributed by atoms with van der Waals surface area (Å²) in [4.78, 5) is 11.0. The zero-order chi connectivity index (χ0) is 15.8. The summed E-state index contributed by atoms with van der Waals surface area (Å²) in [6.07, 6.45) is -4.86. The molecule has 0 aliphatic rings. The number of hydrogen-bond acceptors (Lipinski definition) is 1. The Balaban J connectivity index is 2.61. The largest absolute Gasteiger partial charge is 0.478 e. The summed E-state index contributed by atoms with van der Waals surface area (Å²) in [5.41, 5.74) is -2.16. The van der Waals surface area contributed by atoms with Gasteiger partial charge in [-0.2, -0.15) is 13.2 Å². The lowest BCUT2D eigenvalue weighted by Gasteiger charge is -2.11. The van der Waals surface area contributed by atoms with Crippen molar-refractivity contribution >= 4 is 5.97 Å². The third kappa shape index (κ3) is 3.01. The maximum atomic E-state index is 13.5. The van der Waals surface area contributed by atoms with Crippen LogP contribution in [-0.2, 0) is 6.18 Å². The molecule has 0 radical (unpaired) electrons. The fourth-order valence-electron chi connectivity index (χ4n) is 1.85. The van der Waals surface area contributed by atoms with E-state index in [1.165, 1.54) is 0 Å². The lowest BCUT2D eigenvalue weighted by atomic mass is 9.98. The standard InChI is InChI=1S/C14H7F5O2/c15-8-2-3-9(13(20)21)10(6-8)7-1-4-11(12(16)5-7)14(17,18)19/h1-6H,(H,20,21). The van der Waals surface area contributed by atoms with E-state index in [9.17, 15) is 26.7 Å². The minimum atomic E-state index is -4.86. The van der Waals surface area contributed by atoms with Crippen molar-refractivity contribution in [2.24, 2.45) is 0 Å². The average Bonchev–Trinajstić information content (AvgIpc) is 2.36. The molecule has 0 aromatic heterocycles. The molecule has 0 spiro atoms. The van der Waals surface area contributed by atoms with Crippen LogP contribution in [-0.4, -0.2) is 11.1 Å². The van der Waals surface area contributed by atoms with Gasteiger partial charge in [0.25, 0.3) is 0 Å². The molecule has 7 heteroatoms. The van der Waals surface area contributed by atoms with Gasteiger partial charge in [0.1, 0.15) is 11.6 Å². The lowest BCUT2D eigenvalue weighted by Crippen LogP contribution is -2.08. The summed E-state index contributed by atoms with van der Waals surface area (Å²) < 4.78 is 64.1. The zero-order valence-corrected chi connectivity index (χ0v) is 10.2. The maximum Gasteiger partial charge on any atom is 0.419 e. The first-order chi connectivity index (χ1) is 9.70. The summed E-state index contributed by atoms with van der Waals surface area (Å²) >= 11 is 0. The third-order valence-corrected chi connectivity index (χ3v) is 2.80. The van der Waals surface area contributed by atoms with Crippen LogP contribution in [0.4, 0.5) is 22.0 Å². The highest BCUT2D eigenvalue weighted by Gasteiger charge is 2.34. The van der Waals surface area contributed by atoms with Crippen LogP contribution in [0.5, 0.6) is 0 Å². The van der Waals surface area contributed by atoms with Gasteiger partial charge in [-0.25, -0.2) is 13.6 Å². The van der Waals surface area contributed by atoms with E-state index in [4.69, 9.17) is 5.11 Å². The van der Waals surface area contributed by atoms with E-state index in [1.807, 2.05) is 0 Å². The number of hydrogen-bond donors (Lipinski definition) is 1. The molecule has 21 heavy (non-hydrogen) atoms. The number of carboxylic acids is 1. The van der Waals surface area contributed by atoms with Crippen LogP contribution in [0.2, 0.25) is 0 Å². The van der Waals surface area contributed by atoms with Crippen molar-refractivity contribution in [1.82, 2.24) is 0 Å². The summed E-state index contributed by atoms with van der Waals surface area (Å²) in [6, 6.07) is 4.60. The SMILES string of the molecule is O=C(O)c1ccc(F)cc1-c1ccc(C(F)(F)F)c(F)c1. The van der Waals surface area contributed by atoms with Gasteiger partial charge in [-0.15, -0.1) is 0 Å². The number of rotatable bonds is 2. The second-order valence-corrected chi connectivity index (χ2v) is 4.19. The fourth-order valence-corrected chi connectivity index (χ4v) is 1.85. The normalized spacial score (nSPS) is 11.5. The Labute approximate surface area is 115 Å². The van der Waals surface area contributed by atoms with Gasteiger partial charge in [0, 0.05) is 0 Å². The number of benzene rings is 2. The molecule has 0 atom stereocenters. The van der Waals surface area contributed by atoms with E-state index in [0.29, 0.717) is 12.1 Å². The maximum absolute atomic E-state index is 13.5. The highest BCUT2D eigenvalue weighted by atomic mass is 19.4. The lowest BCUT2D eigenvalue weighted by molar-refractivity contribution is -0.139. The van der Waals surface area contributed by atoms with Gasteiger partial charge in [-0.05, 0) is 41.5 Å². The Kier molecular flexibility index (Phi) is 3.67. The number of carbonyl (C=O) groups is 1. The smallest absolute Gasteiger partial charge is 0.419 e. The number of carboxylic acid groups (broad SMARTS) is 1. The average molecular weight is 302 g/mol. The van der Waals surface area contributed by atoms with Gasteiger partial charge in [0.05, 0.1) is 11.1 Å². The first-order valence-corrected chi connectivity index (χ1v) is 5.60. The van der Waals surface area contributed by atoms with Crippen molar-refractivity contribution in [2.45, 2.75) is 6.18 Å². The van der Waals surface area contributed by atoms with Crippen LogP contribution in [0.15, 0.2) is 36.4 Å². The second-order valence-electron chi connectivity index (χ2n) is 4.19. The van der Waals surface area contributed by atoms with Gasteiger partial charge >= 0.3 is 12.1 Å². The number of aromatic carboxylic acids is 1. The van der Waals surface area contributed by atoms with Crippen molar-refractivity contribution in [3.8, 4) is 11.1 Å². The Hall–Kier alpha value is -2.44. The molecule has 2 aromatic carbocycles. The van der Waals surface area contributed by atoms with Gasteiger partial charge in [0.15, 0.2) is 0 Å². The molecule has 2 rings (SSSR count). The Bertz CT molecular complexity index is 707. The molecule has 0 saturated carbocycles. The zero-order valence-electron chi connectivity index (χ0n) is 10.2. The predicted octanol–water partition coefficient (Wildman–Crippen LogP) is 4.35. The minimum absolute atomic E-state index is 0.155. The van der Waals surface area contributed by atoms with Crippen molar-refractivity contribution < 1.29 is 31.9 Å². The summed E-state index contributed by atoms with van der Waals surface area (Å²) in [6.45, 7) is 0. The summed E-state index contributed by atoms with van der Waals surface area (Å²) in [7, 11) is 0. The molecule has 0 unspecified atom stereocenters. The molecule has 0 saturated heterocycles. The van der Waals surface area contributed by atoms with Gasteiger partial charge in [-0.3, -0.25) is 0 Å². The van der Waals surface area contributed by atoms with E-state index in [2.05, 4.69) is 0 Å². The molecule has 1 N–H and O–H groups in total. The van der Waals surface area contributed by atoms with Crippen LogP contribution in [0.25, 0.3) is 11.1 Å². The van der Waals surface area contributed by atoms with Gasteiger partial charge in [-0.1, -0.05) is 6.07 Å². The Morgan fingerprint density at radius 3 is 2.19 bits per heavy atom. The first kappa shape index (κ1) is 15.0. The number of halogens is 5. The first-order valence-electron chi connectivity index (χ1n) is 5.60. The molecule has 2 nitrogen and oxygen atoms in total. The van der Waals surface area contributed by atoms with E-state index in [0.717, 1.165) is 24.3 Å². The predicted molar refractivity (Wildman–Crippen MR) is 63.8 cm³/mol. The molecule has 0 aliphatic carbocycles. The van der Waals surface area contributed by atoms with Crippen LogP contribution < -0.4 is 0 Å². The molecular formula is C14H7F5O2. The van der Waals surface area contributed by atoms with Crippen molar-refractivity contribution in [1.29, 1.82) is 0 Å². The quantitative estimate of drug-likeness (QED) is 0.837. The highest BCUT2D eigenvalue weighted by molar-refractivity contribution is 5.96. The van der Waals surface area contributed by atoms with Crippen molar-refractivity contribution in [3.63, 3.8) is 0 Å². The Morgan fingerprint density at radius 1 is 1.00 bits per heavy atom. The molecule has 0 fully saturated rings. The van der Waals surface area contributed by atoms with Crippen molar-refractivity contribution in [2.75, 3.05) is 0 Å². The van der Waals surface area contributed by atoms with Crippen LogP contribution in [0.1, 0.15) is 15.9 Å². The topological polar surface area (TPSA) is 37.3 Å². The van der Waals surface area contributed by atoms with E-state index in [1.54, 1.807) is 0 Å². The molecule has 0 amide bonds. The van der Waals surface area contributed by atoms with E-state index < -0.39 is 29.3 Å². The van der Waals surface area contributed by atoms with Crippen LogP contribution >= 0.6 is 0 Å². The van der Waals surface area contributed by atoms with E-state index >= 15 is 0 Å². The Morgan fingerprint density at radius 2 is 1.67 bits per heavy atom. The molecule has 0 heterocycles. The molecule has 0 bridgehead atoms. The second kappa shape index (κ2) is 5.16. The van der Waals surface area contributed by atoms with Gasteiger partial charge in [0.2, 0.25) is 0 Å². The molecular weight excluding hydrogens is 295 g/mol. The minimum Gasteiger partial charge on any atom is -0.478 e. The summed E-state index contributed by atoms with van der Waals surface area (Å²) in [5, 5.41) is 8.97. The summed E-state index contributed by atoms with van der Waals surface area (Å²) in [5.74, 6) is -3.73. The van der Waals surface area contributed by atoms with Crippen LogP contribution in [0, 0.1) is 11.6 Å². The van der Waals surface area contributed by atoms with E-state index in [-0.39, 0.29) is 16.7 Å². The fraction of sp³-hybridized carbons (Fsp3) is 0.0714. The highest BCUT2D eigenvalue weighted by Crippen LogP contribution is 2.34. The monoisotopic (exact) mass is 302 g/mol. The molecule has 110 valence electrons. The van der Waals surface area contributed by atoms with Gasteiger partial charge < -0.3 is 5.11 Å². The number of alkyl halides is 3. The van der Waals surface area contributed by atoms with Crippen LogP contribution in [0.3, 0.4) is 0 Å². The molecule has 0 aliphatic heterocycles. The molecule has 2 aromatic rings.